The van der Waals surface area contributed by atoms with E-state index < -0.39 is 19.6 Å². The molecule has 0 atom stereocenters. The monoisotopic (exact) mass is 343 g/mol. The van der Waals surface area contributed by atoms with Gasteiger partial charge in [0.1, 0.15) is 0 Å². The van der Waals surface area contributed by atoms with Crippen LogP contribution in [-0.4, -0.2) is 57.3 Å². The van der Waals surface area contributed by atoms with Crippen LogP contribution in [0.3, 0.4) is 0 Å². The van der Waals surface area contributed by atoms with Crippen LogP contribution in [-0.2, 0) is 14.0 Å². The Kier molecular flexibility index (Phi) is 11.1. The van der Waals surface area contributed by atoms with E-state index in [9.17, 15) is 0 Å². The van der Waals surface area contributed by atoms with E-state index in [4.69, 9.17) is 14.0 Å². The van der Waals surface area contributed by atoms with Gasteiger partial charge in [-0.15, -0.1) is 0 Å². The van der Waals surface area contributed by atoms with Gasteiger partial charge in [-0.1, -0.05) is 0 Å². The summed E-state index contributed by atoms with van der Waals surface area (Å²) in [7, 11) is 0. The van der Waals surface area contributed by atoms with Gasteiger partial charge in [0.05, 0.1) is 0 Å². The van der Waals surface area contributed by atoms with Crippen LogP contribution < -0.4 is 5.32 Å². The van der Waals surface area contributed by atoms with E-state index in [1.807, 2.05) is 27.7 Å². The molecule has 0 bridgehead atoms. The SMILES string of the molecule is CCNCO[CH2][Sn]([O]CC)([O]CC)[O]CC. The van der Waals surface area contributed by atoms with E-state index in [0.717, 1.165) is 6.54 Å². The Morgan fingerprint density at radius 3 is 1.75 bits per heavy atom. The van der Waals surface area contributed by atoms with Crippen molar-refractivity contribution in [1.82, 2.24) is 5.32 Å². The average molecular weight is 342 g/mol. The van der Waals surface area contributed by atoms with Crippen LogP contribution in [0.2, 0.25) is 0 Å². The third-order valence-corrected chi connectivity index (χ3v) is 9.66. The van der Waals surface area contributed by atoms with E-state index in [2.05, 4.69) is 5.32 Å². The molecule has 0 rings (SSSR count). The van der Waals surface area contributed by atoms with Gasteiger partial charge in [0.2, 0.25) is 0 Å². The Bertz CT molecular complexity index is 143. The molecule has 0 unspecified atom stereocenters. The first kappa shape index (κ1) is 16.6. The van der Waals surface area contributed by atoms with Gasteiger partial charge >= 0.3 is 104 Å². The minimum atomic E-state index is -3.40. The Morgan fingerprint density at radius 1 is 0.875 bits per heavy atom. The number of hydrogen-bond donors (Lipinski definition) is 1. The van der Waals surface area contributed by atoms with Crippen molar-refractivity contribution < 1.29 is 14.0 Å². The summed E-state index contributed by atoms with van der Waals surface area (Å²) in [5.41, 5.74) is 0. The molecule has 0 spiro atoms. The summed E-state index contributed by atoms with van der Waals surface area (Å²) >= 11 is -3.40. The van der Waals surface area contributed by atoms with E-state index in [1.54, 1.807) is 0 Å². The standard InChI is InChI=1S/C4H10NO.3C2H5O.Sn/c1-3-5-4-6-2;3*1-2-3;/h5H,2-4H2,1H3;3*2H2,1H3;/q;3*-1;+3. The molecule has 0 aliphatic heterocycles. The second-order valence-electron chi connectivity index (χ2n) is 3.08. The average Bonchev–Trinajstić information content (AvgIpc) is 2.26. The van der Waals surface area contributed by atoms with E-state index in [-0.39, 0.29) is 0 Å². The zero-order valence-electron chi connectivity index (χ0n) is 10.9. The molecule has 6 heteroatoms. The van der Waals surface area contributed by atoms with Gasteiger partial charge in [-0.25, -0.2) is 0 Å². The third-order valence-electron chi connectivity index (χ3n) is 1.83. The molecule has 0 radical (unpaired) electrons. The van der Waals surface area contributed by atoms with Crippen molar-refractivity contribution in [2.45, 2.75) is 27.7 Å². The molecule has 0 amide bonds. The fourth-order valence-electron chi connectivity index (χ4n) is 1.26. The first-order valence-electron chi connectivity index (χ1n) is 5.94. The van der Waals surface area contributed by atoms with E-state index in [0.29, 0.717) is 31.2 Å². The van der Waals surface area contributed by atoms with Crippen LogP contribution in [0.4, 0.5) is 0 Å². The van der Waals surface area contributed by atoms with Crippen LogP contribution in [0, 0.1) is 0 Å². The fraction of sp³-hybridized carbons (Fsp3) is 1.00. The maximum absolute atomic E-state index is 5.70. The van der Waals surface area contributed by atoms with Crippen LogP contribution in [0.1, 0.15) is 27.7 Å². The van der Waals surface area contributed by atoms with Crippen molar-refractivity contribution in [2.75, 3.05) is 37.7 Å². The molecule has 0 aromatic rings. The van der Waals surface area contributed by atoms with Crippen LogP contribution in [0.5, 0.6) is 0 Å². The van der Waals surface area contributed by atoms with E-state index in [1.165, 1.54) is 0 Å². The topological polar surface area (TPSA) is 49.0 Å². The summed E-state index contributed by atoms with van der Waals surface area (Å²) in [4.78, 5) is 0. The molecule has 0 aromatic carbocycles. The van der Waals surface area contributed by atoms with Crippen molar-refractivity contribution in [3.05, 3.63) is 0 Å². The summed E-state index contributed by atoms with van der Waals surface area (Å²) in [6.07, 6.45) is 0. The summed E-state index contributed by atoms with van der Waals surface area (Å²) in [6, 6.07) is 0. The summed E-state index contributed by atoms with van der Waals surface area (Å²) < 4.78 is 23.1. The van der Waals surface area contributed by atoms with Gasteiger partial charge in [0.15, 0.2) is 0 Å². The number of rotatable bonds is 11. The van der Waals surface area contributed by atoms with Crippen LogP contribution in [0.25, 0.3) is 0 Å². The molecule has 0 saturated carbocycles. The molecule has 16 heavy (non-hydrogen) atoms. The summed E-state index contributed by atoms with van der Waals surface area (Å²) in [5, 5.41) is 3.09. The first-order valence-corrected chi connectivity index (χ1v) is 11.5. The van der Waals surface area contributed by atoms with Crippen molar-refractivity contribution in [3.63, 3.8) is 0 Å². The normalized spacial score (nSPS) is 12.0. The zero-order valence-corrected chi connectivity index (χ0v) is 13.7. The Labute approximate surface area is 104 Å². The van der Waals surface area contributed by atoms with Crippen molar-refractivity contribution in [3.8, 4) is 0 Å². The second-order valence-corrected chi connectivity index (χ2v) is 10.3. The van der Waals surface area contributed by atoms with Crippen molar-refractivity contribution in [2.24, 2.45) is 0 Å². The molecule has 0 fully saturated rings. The molecule has 98 valence electrons. The maximum atomic E-state index is 5.70. The Balaban J connectivity index is 4.12. The minimum absolute atomic E-state index is 0.469. The van der Waals surface area contributed by atoms with Gasteiger partial charge in [-0.3, -0.25) is 0 Å². The molecular weight excluding hydrogens is 317 g/mol. The fourth-order valence-corrected chi connectivity index (χ4v) is 7.46. The summed E-state index contributed by atoms with van der Waals surface area (Å²) in [6.45, 7) is 11.1. The number of nitrogens with one attached hydrogen (secondary N) is 1. The Hall–Kier alpha value is 0.599. The molecule has 5 nitrogen and oxygen atoms in total. The molecule has 0 aromatic heterocycles. The predicted octanol–water partition coefficient (Wildman–Crippen LogP) is 1.16. The molecule has 1 N–H and O–H groups in total. The van der Waals surface area contributed by atoms with E-state index >= 15 is 0 Å². The zero-order chi connectivity index (χ0) is 12.3. The predicted molar refractivity (Wildman–Crippen MR) is 65.1 cm³/mol. The Morgan fingerprint density at radius 2 is 1.38 bits per heavy atom. The van der Waals surface area contributed by atoms with Gasteiger partial charge in [0, 0.05) is 0 Å². The second kappa shape index (κ2) is 10.7. The third kappa shape index (κ3) is 7.03. The van der Waals surface area contributed by atoms with Gasteiger partial charge < -0.3 is 0 Å². The first-order chi connectivity index (χ1) is 7.74. The quantitative estimate of drug-likeness (QED) is 0.347. The van der Waals surface area contributed by atoms with Crippen LogP contribution >= 0.6 is 0 Å². The van der Waals surface area contributed by atoms with Gasteiger partial charge in [0.25, 0.3) is 0 Å². The molecule has 0 heterocycles. The molecule has 0 aliphatic carbocycles. The number of hydrogen-bond acceptors (Lipinski definition) is 5. The van der Waals surface area contributed by atoms with Crippen LogP contribution in [0.15, 0.2) is 0 Å². The van der Waals surface area contributed by atoms with Crippen molar-refractivity contribution in [1.29, 1.82) is 0 Å². The molecule has 0 saturated heterocycles. The van der Waals surface area contributed by atoms with Gasteiger partial charge in [-0.2, -0.15) is 0 Å². The summed E-state index contributed by atoms with van der Waals surface area (Å²) in [5.74, 6) is 0. The molecular formula is C10H25NO4Sn. The van der Waals surface area contributed by atoms with Crippen molar-refractivity contribution >= 4 is 19.6 Å². The molecule has 0 aliphatic rings. The number of ether oxygens (including phenoxy) is 1. The van der Waals surface area contributed by atoms with Gasteiger partial charge in [-0.05, 0) is 0 Å².